The molecule has 0 aromatic rings. The Balaban J connectivity index is 3.65. The van der Waals surface area contributed by atoms with E-state index >= 15 is 0 Å². The van der Waals surface area contributed by atoms with Crippen LogP contribution in [0.25, 0.3) is 0 Å². The van der Waals surface area contributed by atoms with Crippen LogP contribution in [0, 0.1) is 0 Å². The fourth-order valence-corrected chi connectivity index (χ4v) is 1.27. The monoisotopic (exact) mass is 189 g/mol. The Kier molecular flexibility index (Phi) is 6.02. The van der Waals surface area contributed by atoms with E-state index in [2.05, 4.69) is 39.3 Å². The van der Waals surface area contributed by atoms with Crippen molar-refractivity contribution in [3.8, 4) is 0 Å². The standard InChI is InChI=1S/C10H23NS/c1-6-9(7-2)11-8-10(3,4)12-5/h9,11H,6-8H2,1-5H3. The molecule has 0 fully saturated rings. The van der Waals surface area contributed by atoms with Gasteiger partial charge in [-0.05, 0) is 32.9 Å². The second-order valence-electron chi connectivity index (χ2n) is 3.86. The minimum Gasteiger partial charge on any atom is -0.313 e. The Labute approximate surface area is 81.7 Å². The first-order valence-electron chi connectivity index (χ1n) is 4.84. The van der Waals surface area contributed by atoms with Gasteiger partial charge in [-0.3, -0.25) is 0 Å². The fourth-order valence-electron chi connectivity index (χ4n) is 1.04. The molecule has 0 atom stereocenters. The lowest BCUT2D eigenvalue weighted by atomic mass is 10.1. The molecule has 0 amide bonds. The van der Waals surface area contributed by atoms with Crippen molar-refractivity contribution >= 4 is 11.8 Å². The van der Waals surface area contributed by atoms with Gasteiger partial charge in [0.15, 0.2) is 0 Å². The second kappa shape index (κ2) is 5.87. The molecule has 0 aliphatic rings. The van der Waals surface area contributed by atoms with Crippen molar-refractivity contribution in [1.82, 2.24) is 5.32 Å². The molecule has 1 nitrogen and oxygen atoms in total. The van der Waals surface area contributed by atoms with Crippen LogP contribution in [0.5, 0.6) is 0 Å². The third kappa shape index (κ3) is 5.04. The zero-order valence-corrected chi connectivity index (χ0v) is 9.92. The van der Waals surface area contributed by atoms with Crippen LogP contribution in [0.4, 0.5) is 0 Å². The highest BCUT2D eigenvalue weighted by molar-refractivity contribution is 7.99. The van der Waals surface area contributed by atoms with Gasteiger partial charge in [0, 0.05) is 17.3 Å². The highest BCUT2D eigenvalue weighted by atomic mass is 32.2. The van der Waals surface area contributed by atoms with Gasteiger partial charge >= 0.3 is 0 Å². The first-order chi connectivity index (χ1) is 5.55. The van der Waals surface area contributed by atoms with E-state index in [0.717, 1.165) is 6.54 Å². The van der Waals surface area contributed by atoms with Gasteiger partial charge in [0.2, 0.25) is 0 Å². The van der Waals surface area contributed by atoms with Crippen LogP contribution in [0.2, 0.25) is 0 Å². The average molecular weight is 189 g/mol. The van der Waals surface area contributed by atoms with Gasteiger partial charge in [0.1, 0.15) is 0 Å². The smallest absolute Gasteiger partial charge is 0.0225 e. The molecule has 0 aromatic heterocycles. The average Bonchev–Trinajstić information content (AvgIpc) is 2.06. The molecule has 2 heteroatoms. The van der Waals surface area contributed by atoms with Gasteiger partial charge in [-0.15, -0.1) is 0 Å². The predicted molar refractivity (Wildman–Crippen MR) is 60.0 cm³/mol. The summed E-state index contributed by atoms with van der Waals surface area (Å²) in [7, 11) is 0. The van der Waals surface area contributed by atoms with Gasteiger partial charge in [-0.25, -0.2) is 0 Å². The lowest BCUT2D eigenvalue weighted by Gasteiger charge is -2.25. The molecule has 0 saturated carbocycles. The minimum atomic E-state index is 0.378. The second-order valence-corrected chi connectivity index (χ2v) is 5.37. The summed E-state index contributed by atoms with van der Waals surface area (Å²) in [6.07, 6.45) is 4.65. The van der Waals surface area contributed by atoms with E-state index in [4.69, 9.17) is 0 Å². The molecular weight excluding hydrogens is 166 g/mol. The van der Waals surface area contributed by atoms with E-state index in [1.54, 1.807) is 0 Å². The van der Waals surface area contributed by atoms with Crippen molar-refractivity contribution in [3.63, 3.8) is 0 Å². The van der Waals surface area contributed by atoms with Crippen molar-refractivity contribution in [2.75, 3.05) is 12.8 Å². The molecule has 1 N–H and O–H groups in total. The summed E-state index contributed by atoms with van der Waals surface area (Å²) >= 11 is 1.93. The SMILES string of the molecule is CCC(CC)NCC(C)(C)SC. The largest absolute Gasteiger partial charge is 0.313 e. The summed E-state index contributed by atoms with van der Waals surface area (Å²) < 4.78 is 0.378. The summed E-state index contributed by atoms with van der Waals surface area (Å²) in [6.45, 7) is 10.2. The summed E-state index contributed by atoms with van der Waals surface area (Å²) in [5.74, 6) is 0. The first-order valence-corrected chi connectivity index (χ1v) is 6.06. The van der Waals surface area contributed by atoms with Crippen LogP contribution in [-0.2, 0) is 0 Å². The predicted octanol–water partition coefficient (Wildman–Crippen LogP) is 2.91. The normalized spacial score (nSPS) is 12.5. The van der Waals surface area contributed by atoms with Gasteiger partial charge in [-0.2, -0.15) is 11.8 Å². The summed E-state index contributed by atoms with van der Waals surface area (Å²) in [5, 5.41) is 3.59. The van der Waals surface area contributed by atoms with Crippen molar-refractivity contribution < 1.29 is 0 Å². The maximum Gasteiger partial charge on any atom is 0.0225 e. The van der Waals surface area contributed by atoms with E-state index in [1.807, 2.05) is 11.8 Å². The zero-order valence-electron chi connectivity index (χ0n) is 9.11. The van der Waals surface area contributed by atoms with E-state index < -0.39 is 0 Å². The molecular formula is C10H23NS. The Morgan fingerprint density at radius 3 is 2.08 bits per heavy atom. The van der Waals surface area contributed by atoms with Crippen molar-refractivity contribution in [2.24, 2.45) is 0 Å². The van der Waals surface area contributed by atoms with Crippen molar-refractivity contribution in [1.29, 1.82) is 0 Å². The molecule has 0 bridgehead atoms. The van der Waals surface area contributed by atoms with Crippen molar-refractivity contribution in [2.45, 2.75) is 51.3 Å². The number of nitrogens with one attached hydrogen (secondary N) is 1. The summed E-state index contributed by atoms with van der Waals surface area (Å²) in [5.41, 5.74) is 0. The molecule has 12 heavy (non-hydrogen) atoms. The molecule has 0 heterocycles. The molecule has 0 saturated heterocycles. The van der Waals surface area contributed by atoms with E-state index in [-0.39, 0.29) is 0 Å². The number of hydrogen-bond donors (Lipinski definition) is 1. The van der Waals surface area contributed by atoms with E-state index in [1.165, 1.54) is 12.8 Å². The maximum absolute atomic E-state index is 3.59. The number of thioether (sulfide) groups is 1. The molecule has 74 valence electrons. The fraction of sp³-hybridized carbons (Fsp3) is 1.00. The lowest BCUT2D eigenvalue weighted by molar-refractivity contribution is 0.459. The van der Waals surface area contributed by atoms with Crippen LogP contribution >= 0.6 is 11.8 Å². The number of hydrogen-bond acceptors (Lipinski definition) is 2. The molecule has 0 spiro atoms. The van der Waals surface area contributed by atoms with E-state index in [9.17, 15) is 0 Å². The molecule has 0 unspecified atom stereocenters. The topological polar surface area (TPSA) is 12.0 Å². The Morgan fingerprint density at radius 2 is 1.75 bits per heavy atom. The first kappa shape index (κ1) is 12.3. The van der Waals surface area contributed by atoms with Crippen LogP contribution < -0.4 is 5.32 Å². The molecule has 0 rings (SSSR count). The van der Waals surface area contributed by atoms with Crippen LogP contribution in [0.15, 0.2) is 0 Å². The van der Waals surface area contributed by atoms with Crippen molar-refractivity contribution in [3.05, 3.63) is 0 Å². The molecule has 0 radical (unpaired) electrons. The highest BCUT2D eigenvalue weighted by Gasteiger charge is 2.16. The van der Waals surface area contributed by atoms with Crippen LogP contribution in [-0.4, -0.2) is 23.6 Å². The lowest BCUT2D eigenvalue weighted by Crippen LogP contribution is -2.38. The maximum atomic E-state index is 3.59. The third-order valence-electron chi connectivity index (χ3n) is 2.35. The molecule has 0 aromatic carbocycles. The highest BCUT2D eigenvalue weighted by Crippen LogP contribution is 2.19. The third-order valence-corrected chi connectivity index (χ3v) is 3.60. The van der Waals surface area contributed by atoms with Gasteiger partial charge in [0.05, 0.1) is 0 Å². The van der Waals surface area contributed by atoms with Gasteiger partial charge < -0.3 is 5.32 Å². The van der Waals surface area contributed by atoms with Gasteiger partial charge in [-0.1, -0.05) is 13.8 Å². The quantitative estimate of drug-likeness (QED) is 0.689. The molecule has 0 aliphatic carbocycles. The van der Waals surface area contributed by atoms with Crippen LogP contribution in [0.3, 0.4) is 0 Å². The molecule has 0 aliphatic heterocycles. The number of rotatable bonds is 6. The summed E-state index contributed by atoms with van der Waals surface area (Å²) in [6, 6.07) is 0.705. The Hall–Kier alpha value is 0.310. The van der Waals surface area contributed by atoms with Gasteiger partial charge in [0.25, 0.3) is 0 Å². The van der Waals surface area contributed by atoms with E-state index in [0.29, 0.717) is 10.8 Å². The Bertz CT molecular complexity index is 108. The Morgan fingerprint density at radius 1 is 1.25 bits per heavy atom. The van der Waals surface area contributed by atoms with Crippen LogP contribution in [0.1, 0.15) is 40.5 Å². The summed E-state index contributed by atoms with van der Waals surface area (Å²) in [4.78, 5) is 0. The minimum absolute atomic E-state index is 0.378. The zero-order chi connectivity index (χ0) is 9.61.